The first kappa shape index (κ1) is 7.66. The lowest BCUT2D eigenvalue weighted by molar-refractivity contribution is -0.378. The topological polar surface area (TPSA) is 31.2 Å². The fraction of sp³-hybridized carbons (Fsp3) is 0.111. The Kier molecular flexibility index (Phi) is 2.55. The Labute approximate surface area is 65.6 Å². The molecule has 1 aromatic rings. The fourth-order valence-corrected chi connectivity index (χ4v) is 0.724. The normalized spacial score (nSPS) is 10.3. The van der Waals surface area contributed by atoms with Crippen molar-refractivity contribution >= 4 is 11.9 Å². The number of rotatable bonds is 2. The Bertz CT molecular complexity index is 264. The van der Waals surface area contributed by atoms with E-state index in [1.165, 1.54) is 6.92 Å². The highest BCUT2D eigenvalue weighted by Gasteiger charge is 1.88. The maximum absolute atomic E-state index is 10.5. The summed E-state index contributed by atoms with van der Waals surface area (Å²) in [5, 5.41) is 0. The van der Waals surface area contributed by atoms with E-state index in [0.29, 0.717) is 0 Å². The van der Waals surface area contributed by atoms with Gasteiger partial charge in [0.25, 0.3) is 0 Å². The number of hydrogen-bond acceptors (Lipinski definition) is 1. The zero-order valence-corrected chi connectivity index (χ0v) is 6.37. The Balaban J connectivity index is 2.72. The first-order chi connectivity index (χ1) is 5.29. The Morgan fingerprint density at radius 2 is 2.45 bits per heavy atom. The van der Waals surface area contributed by atoms with Crippen molar-refractivity contribution in [2.75, 3.05) is 0 Å². The molecule has 0 aliphatic heterocycles. The largest absolute Gasteiger partial charge is 0.295 e. The molecule has 11 heavy (non-hydrogen) atoms. The van der Waals surface area contributed by atoms with Gasteiger partial charge >= 0.3 is 0 Å². The van der Waals surface area contributed by atoms with E-state index >= 15 is 0 Å². The minimum absolute atomic E-state index is 0.0638. The maximum atomic E-state index is 10.5. The number of allylic oxidation sites excluding steroid dienone is 1. The van der Waals surface area contributed by atoms with Crippen LogP contribution in [0.3, 0.4) is 0 Å². The molecule has 2 heteroatoms. The van der Waals surface area contributed by atoms with Gasteiger partial charge < -0.3 is 0 Å². The lowest BCUT2D eigenvalue weighted by Crippen LogP contribution is -1.97. The van der Waals surface area contributed by atoms with Crippen molar-refractivity contribution in [2.45, 2.75) is 6.92 Å². The van der Waals surface area contributed by atoms with Gasteiger partial charge in [0.2, 0.25) is 0 Å². The first-order valence-electron chi connectivity index (χ1n) is 3.44. The second-order valence-corrected chi connectivity index (χ2v) is 2.28. The minimum atomic E-state index is 0.0638. The van der Waals surface area contributed by atoms with Crippen LogP contribution in [0.25, 0.3) is 6.08 Å². The average molecular weight is 148 g/mol. The van der Waals surface area contributed by atoms with Gasteiger partial charge in [-0.05, 0) is 25.1 Å². The highest BCUT2D eigenvalue weighted by Crippen LogP contribution is 1.95. The van der Waals surface area contributed by atoms with E-state index in [9.17, 15) is 4.79 Å². The molecule has 0 amide bonds. The molecular formula is C9H10NO+. The molecular weight excluding hydrogens is 138 g/mol. The third-order valence-corrected chi connectivity index (χ3v) is 1.24. The van der Waals surface area contributed by atoms with Crippen LogP contribution in [0, 0.1) is 0 Å². The van der Waals surface area contributed by atoms with Gasteiger partial charge in [0.1, 0.15) is 0 Å². The van der Waals surface area contributed by atoms with Crippen molar-refractivity contribution in [1.82, 2.24) is 0 Å². The zero-order valence-electron chi connectivity index (χ0n) is 6.37. The van der Waals surface area contributed by atoms with E-state index in [2.05, 4.69) is 4.98 Å². The van der Waals surface area contributed by atoms with E-state index < -0.39 is 0 Å². The van der Waals surface area contributed by atoms with Gasteiger partial charge in [0.05, 0.1) is 0 Å². The summed E-state index contributed by atoms with van der Waals surface area (Å²) >= 11 is 0. The molecule has 0 spiro atoms. The number of aromatic nitrogens is 1. The fourth-order valence-electron chi connectivity index (χ4n) is 0.724. The number of nitrogens with one attached hydrogen (secondary N) is 1. The Morgan fingerprint density at radius 3 is 3.00 bits per heavy atom. The third kappa shape index (κ3) is 2.76. The minimum Gasteiger partial charge on any atom is -0.295 e. The predicted octanol–water partition coefficient (Wildman–Crippen LogP) is 1.10. The number of pyridine rings is 1. The van der Waals surface area contributed by atoms with Crippen LogP contribution in [0.2, 0.25) is 0 Å². The number of carbonyl (C=O) groups is 1. The Hall–Kier alpha value is -1.44. The standard InChI is InChI=1S/C9H9NO/c1-8(11)4-5-9-3-2-6-10-7-9/h2-7H,1H3/p+1. The molecule has 2 nitrogen and oxygen atoms in total. The van der Waals surface area contributed by atoms with E-state index in [4.69, 9.17) is 0 Å². The highest BCUT2D eigenvalue weighted by atomic mass is 16.1. The summed E-state index contributed by atoms with van der Waals surface area (Å²) in [5.74, 6) is 0.0638. The van der Waals surface area contributed by atoms with Gasteiger partial charge in [-0.2, -0.15) is 0 Å². The molecule has 0 bridgehead atoms. The van der Waals surface area contributed by atoms with Gasteiger partial charge in [-0.3, -0.25) is 4.79 Å². The summed E-state index contributed by atoms with van der Waals surface area (Å²) in [4.78, 5) is 13.4. The van der Waals surface area contributed by atoms with Gasteiger partial charge in [-0.15, -0.1) is 0 Å². The number of hydrogen-bond donors (Lipinski definition) is 0. The lowest BCUT2D eigenvalue weighted by Gasteiger charge is -1.83. The summed E-state index contributed by atoms with van der Waals surface area (Å²) in [6, 6.07) is 3.82. The van der Waals surface area contributed by atoms with Crippen LogP contribution < -0.4 is 4.98 Å². The number of aromatic amines is 1. The molecule has 1 heterocycles. The van der Waals surface area contributed by atoms with Crippen molar-refractivity contribution in [3.8, 4) is 0 Å². The smallest absolute Gasteiger partial charge is 0.174 e. The molecule has 0 atom stereocenters. The van der Waals surface area contributed by atoms with Gasteiger partial charge in [0, 0.05) is 11.6 Å². The van der Waals surface area contributed by atoms with Crippen LogP contribution in [0.15, 0.2) is 30.6 Å². The molecule has 0 aromatic carbocycles. The van der Waals surface area contributed by atoms with Crippen molar-refractivity contribution < 1.29 is 9.78 Å². The van der Waals surface area contributed by atoms with Crippen LogP contribution in [-0.2, 0) is 4.79 Å². The summed E-state index contributed by atoms with van der Waals surface area (Å²) in [7, 11) is 0. The molecule has 0 saturated carbocycles. The number of H-pyrrole nitrogens is 1. The Morgan fingerprint density at radius 1 is 1.64 bits per heavy atom. The average Bonchev–Trinajstić information content (AvgIpc) is 2.03. The monoisotopic (exact) mass is 148 g/mol. The summed E-state index contributed by atoms with van der Waals surface area (Å²) in [6.45, 7) is 1.53. The van der Waals surface area contributed by atoms with Crippen molar-refractivity contribution in [3.63, 3.8) is 0 Å². The molecule has 56 valence electrons. The van der Waals surface area contributed by atoms with E-state index in [1.54, 1.807) is 12.2 Å². The molecule has 0 radical (unpaired) electrons. The molecule has 1 aromatic heterocycles. The van der Waals surface area contributed by atoms with Crippen LogP contribution in [0.4, 0.5) is 0 Å². The quantitative estimate of drug-likeness (QED) is 0.578. The molecule has 0 saturated heterocycles. The predicted molar refractivity (Wildman–Crippen MR) is 42.7 cm³/mol. The van der Waals surface area contributed by atoms with Crippen molar-refractivity contribution in [3.05, 3.63) is 36.2 Å². The van der Waals surface area contributed by atoms with Crippen molar-refractivity contribution in [2.24, 2.45) is 0 Å². The second-order valence-electron chi connectivity index (χ2n) is 2.28. The highest BCUT2D eigenvalue weighted by molar-refractivity contribution is 5.91. The van der Waals surface area contributed by atoms with Gasteiger partial charge in [0.15, 0.2) is 18.2 Å². The van der Waals surface area contributed by atoms with E-state index in [-0.39, 0.29) is 5.78 Å². The lowest BCUT2D eigenvalue weighted by atomic mass is 10.2. The molecule has 0 aliphatic carbocycles. The van der Waals surface area contributed by atoms with Crippen molar-refractivity contribution in [1.29, 1.82) is 0 Å². The SMILES string of the molecule is CC(=O)C=Cc1ccc[nH+]c1. The van der Waals surface area contributed by atoms with Gasteiger partial charge in [-0.1, -0.05) is 0 Å². The third-order valence-electron chi connectivity index (χ3n) is 1.24. The van der Waals surface area contributed by atoms with Crippen LogP contribution >= 0.6 is 0 Å². The van der Waals surface area contributed by atoms with Crippen LogP contribution in [-0.4, -0.2) is 5.78 Å². The maximum Gasteiger partial charge on any atom is 0.174 e. The molecule has 1 N–H and O–H groups in total. The number of carbonyl (C=O) groups excluding carboxylic acids is 1. The zero-order chi connectivity index (χ0) is 8.10. The van der Waals surface area contributed by atoms with Crippen LogP contribution in [0.1, 0.15) is 12.5 Å². The molecule has 0 aliphatic rings. The van der Waals surface area contributed by atoms with E-state index in [1.807, 2.05) is 24.5 Å². The number of ketones is 1. The first-order valence-corrected chi connectivity index (χ1v) is 3.44. The molecule has 0 fully saturated rings. The molecule has 0 unspecified atom stereocenters. The van der Waals surface area contributed by atoms with E-state index in [0.717, 1.165) is 5.56 Å². The summed E-state index contributed by atoms with van der Waals surface area (Å²) < 4.78 is 0. The summed E-state index contributed by atoms with van der Waals surface area (Å²) in [5.41, 5.74) is 1.00. The van der Waals surface area contributed by atoms with Gasteiger partial charge in [-0.25, -0.2) is 4.98 Å². The second kappa shape index (κ2) is 3.66. The molecule has 1 rings (SSSR count). The van der Waals surface area contributed by atoms with Crippen LogP contribution in [0.5, 0.6) is 0 Å². The summed E-state index contributed by atoms with van der Waals surface area (Å²) in [6.07, 6.45) is 6.98.